The van der Waals surface area contributed by atoms with Gasteiger partial charge in [0.1, 0.15) is 19.0 Å². The lowest BCUT2D eigenvalue weighted by atomic mass is 9.91. The molecule has 0 fully saturated rings. The number of ether oxygens (including phenoxy) is 2. The van der Waals surface area contributed by atoms with Crippen LogP contribution in [0, 0.1) is 5.82 Å². The molecule has 3 rings (SSSR count). The molecule has 110 valence electrons. The number of fused-ring (bicyclic) bond motifs is 1. The molecule has 1 aliphatic heterocycles. The molecule has 0 bridgehead atoms. The fraction of sp³-hybridized carbons (Fsp3) is 0.294. The van der Waals surface area contributed by atoms with Crippen molar-refractivity contribution in [1.29, 1.82) is 0 Å². The molecule has 1 unspecified atom stereocenters. The van der Waals surface area contributed by atoms with Crippen molar-refractivity contribution in [2.75, 3.05) is 19.8 Å². The Bertz CT molecular complexity index is 630. The summed E-state index contributed by atoms with van der Waals surface area (Å²) >= 11 is 0. The molecular weight excluding hydrogens is 269 g/mol. The Labute approximate surface area is 123 Å². The van der Waals surface area contributed by atoms with Gasteiger partial charge in [0.05, 0.1) is 0 Å². The highest BCUT2D eigenvalue weighted by atomic mass is 19.1. The molecule has 0 radical (unpaired) electrons. The van der Waals surface area contributed by atoms with Gasteiger partial charge in [-0.15, -0.1) is 0 Å². The predicted octanol–water partition coefficient (Wildman–Crippen LogP) is 2.88. The van der Waals surface area contributed by atoms with Crippen molar-refractivity contribution in [2.45, 2.75) is 12.3 Å². The molecule has 4 heteroatoms. The predicted molar refractivity (Wildman–Crippen MR) is 79.3 cm³/mol. The van der Waals surface area contributed by atoms with Crippen LogP contribution >= 0.6 is 0 Å². The third kappa shape index (κ3) is 3.00. The maximum absolute atomic E-state index is 13.8. The van der Waals surface area contributed by atoms with Crippen molar-refractivity contribution < 1.29 is 13.9 Å². The van der Waals surface area contributed by atoms with Crippen LogP contribution in [0.3, 0.4) is 0 Å². The normalized spacial score (nSPS) is 14.8. The van der Waals surface area contributed by atoms with Crippen LogP contribution in [0.15, 0.2) is 42.5 Å². The monoisotopic (exact) mass is 287 g/mol. The number of rotatable bonds is 4. The van der Waals surface area contributed by atoms with Gasteiger partial charge in [-0.2, -0.15) is 0 Å². The Hall–Kier alpha value is -2.07. The third-order valence-corrected chi connectivity index (χ3v) is 3.75. The molecule has 1 atom stereocenters. The molecular formula is C17H18FNO2. The van der Waals surface area contributed by atoms with E-state index in [4.69, 9.17) is 15.2 Å². The molecule has 0 aromatic heterocycles. The largest absolute Gasteiger partial charge is 0.486 e. The van der Waals surface area contributed by atoms with Gasteiger partial charge in [0.2, 0.25) is 0 Å². The van der Waals surface area contributed by atoms with Crippen LogP contribution in [0.25, 0.3) is 0 Å². The van der Waals surface area contributed by atoms with Crippen LogP contribution in [0.5, 0.6) is 11.5 Å². The summed E-state index contributed by atoms with van der Waals surface area (Å²) in [5, 5.41) is 0. The van der Waals surface area contributed by atoms with E-state index >= 15 is 0 Å². The van der Waals surface area contributed by atoms with Crippen LogP contribution in [0.2, 0.25) is 0 Å². The third-order valence-electron chi connectivity index (χ3n) is 3.75. The Balaban J connectivity index is 1.85. The summed E-state index contributed by atoms with van der Waals surface area (Å²) < 4.78 is 24.9. The molecule has 2 aromatic carbocycles. The van der Waals surface area contributed by atoms with Gasteiger partial charge in [0, 0.05) is 5.92 Å². The number of nitrogens with two attached hydrogens (primary N) is 1. The Morgan fingerprint density at radius 3 is 2.57 bits per heavy atom. The van der Waals surface area contributed by atoms with E-state index in [0.29, 0.717) is 31.7 Å². The van der Waals surface area contributed by atoms with Crippen LogP contribution in [-0.4, -0.2) is 19.8 Å². The molecule has 1 aliphatic rings. The van der Waals surface area contributed by atoms with Crippen molar-refractivity contribution >= 4 is 0 Å². The molecule has 2 aromatic rings. The van der Waals surface area contributed by atoms with Crippen molar-refractivity contribution in [2.24, 2.45) is 5.73 Å². The highest BCUT2D eigenvalue weighted by molar-refractivity contribution is 5.45. The SMILES string of the molecule is NCC(Cc1ccccc1F)c1ccc2c(c1)OCCO2. The first-order valence-corrected chi connectivity index (χ1v) is 7.11. The van der Waals surface area contributed by atoms with E-state index in [1.54, 1.807) is 12.1 Å². The molecule has 21 heavy (non-hydrogen) atoms. The first kappa shape index (κ1) is 13.9. The second-order valence-electron chi connectivity index (χ2n) is 5.13. The highest BCUT2D eigenvalue weighted by Gasteiger charge is 2.17. The van der Waals surface area contributed by atoms with Crippen LogP contribution < -0.4 is 15.2 Å². The lowest BCUT2D eigenvalue weighted by Crippen LogP contribution is -2.18. The van der Waals surface area contributed by atoms with Gasteiger partial charge in [-0.3, -0.25) is 0 Å². The van der Waals surface area contributed by atoms with Crippen molar-refractivity contribution in [3.63, 3.8) is 0 Å². The highest BCUT2D eigenvalue weighted by Crippen LogP contribution is 2.34. The van der Waals surface area contributed by atoms with Crippen LogP contribution in [0.4, 0.5) is 4.39 Å². The summed E-state index contributed by atoms with van der Waals surface area (Å²) in [6, 6.07) is 12.6. The van der Waals surface area contributed by atoms with Gasteiger partial charge in [-0.05, 0) is 42.3 Å². The molecule has 0 saturated carbocycles. The van der Waals surface area contributed by atoms with E-state index in [2.05, 4.69) is 0 Å². The quantitative estimate of drug-likeness (QED) is 0.940. The standard InChI is InChI=1S/C17H18FNO2/c18-15-4-2-1-3-13(15)9-14(11-19)12-5-6-16-17(10-12)21-8-7-20-16/h1-6,10,14H,7-9,11,19H2. The Kier molecular flexibility index (Phi) is 4.06. The van der Waals surface area contributed by atoms with E-state index in [-0.39, 0.29) is 11.7 Å². The van der Waals surface area contributed by atoms with Gasteiger partial charge in [-0.1, -0.05) is 24.3 Å². The fourth-order valence-electron chi connectivity index (χ4n) is 2.58. The smallest absolute Gasteiger partial charge is 0.161 e. The molecule has 2 N–H and O–H groups in total. The van der Waals surface area contributed by atoms with Crippen molar-refractivity contribution in [1.82, 2.24) is 0 Å². The van der Waals surface area contributed by atoms with E-state index in [0.717, 1.165) is 17.1 Å². The summed E-state index contributed by atoms with van der Waals surface area (Å²) in [6.07, 6.45) is 0.572. The lowest BCUT2D eigenvalue weighted by molar-refractivity contribution is 0.171. The first-order chi connectivity index (χ1) is 10.3. The van der Waals surface area contributed by atoms with Crippen molar-refractivity contribution in [3.05, 3.63) is 59.4 Å². The zero-order chi connectivity index (χ0) is 14.7. The number of hydrogen-bond donors (Lipinski definition) is 1. The van der Waals surface area contributed by atoms with E-state index in [1.165, 1.54) is 6.07 Å². The molecule has 0 saturated heterocycles. The minimum Gasteiger partial charge on any atom is -0.486 e. The van der Waals surface area contributed by atoms with Gasteiger partial charge in [0.25, 0.3) is 0 Å². The average Bonchev–Trinajstić information content (AvgIpc) is 2.54. The lowest BCUT2D eigenvalue weighted by Gasteiger charge is -2.21. The van der Waals surface area contributed by atoms with Gasteiger partial charge in [-0.25, -0.2) is 4.39 Å². The fourth-order valence-corrected chi connectivity index (χ4v) is 2.58. The minimum atomic E-state index is -0.187. The van der Waals surface area contributed by atoms with Gasteiger partial charge < -0.3 is 15.2 Å². The number of halogens is 1. The molecule has 3 nitrogen and oxygen atoms in total. The second-order valence-corrected chi connectivity index (χ2v) is 5.13. The van der Waals surface area contributed by atoms with Crippen molar-refractivity contribution in [3.8, 4) is 11.5 Å². The maximum atomic E-state index is 13.8. The molecule has 0 amide bonds. The van der Waals surface area contributed by atoms with Gasteiger partial charge >= 0.3 is 0 Å². The first-order valence-electron chi connectivity index (χ1n) is 7.11. The number of hydrogen-bond acceptors (Lipinski definition) is 3. The minimum absolute atomic E-state index is 0.0535. The topological polar surface area (TPSA) is 44.5 Å². The summed E-state index contributed by atoms with van der Waals surface area (Å²) in [5.41, 5.74) is 7.61. The molecule has 0 spiro atoms. The maximum Gasteiger partial charge on any atom is 0.161 e. The van der Waals surface area contributed by atoms with E-state index in [9.17, 15) is 4.39 Å². The van der Waals surface area contributed by atoms with Gasteiger partial charge in [0.15, 0.2) is 11.5 Å². The van der Waals surface area contributed by atoms with E-state index in [1.807, 2.05) is 24.3 Å². The van der Waals surface area contributed by atoms with E-state index < -0.39 is 0 Å². The summed E-state index contributed by atoms with van der Waals surface area (Å²) in [7, 11) is 0. The molecule has 0 aliphatic carbocycles. The van der Waals surface area contributed by atoms with Crippen LogP contribution in [-0.2, 0) is 6.42 Å². The number of benzene rings is 2. The van der Waals surface area contributed by atoms with Crippen LogP contribution in [0.1, 0.15) is 17.0 Å². The molecule has 1 heterocycles. The zero-order valence-electron chi connectivity index (χ0n) is 11.7. The summed E-state index contributed by atoms with van der Waals surface area (Å²) in [4.78, 5) is 0. The summed E-state index contributed by atoms with van der Waals surface area (Å²) in [6.45, 7) is 1.58. The average molecular weight is 287 g/mol. The zero-order valence-corrected chi connectivity index (χ0v) is 11.7. The Morgan fingerprint density at radius 1 is 1.05 bits per heavy atom. The summed E-state index contributed by atoms with van der Waals surface area (Å²) in [5.74, 6) is 1.36. The second kappa shape index (κ2) is 6.14. The Morgan fingerprint density at radius 2 is 1.81 bits per heavy atom.